The highest BCUT2D eigenvalue weighted by molar-refractivity contribution is 6.36. The average molecular weight is 527 g/mol. The van der Waals surface area contributed by atoms with Crippen molar-refractivity contribution in [3.8, 4) is 5.75 Å². The zero-order valence-electron chi connectivity index (χ0n) is 20.8. The Morgan fingerprint density at radius 3 is 2.25 bits per heavy atom. The lowest BCUT2D eigenvalue weighted by molar-refractivity contribution is -0.142. The lowest BCUT2D eigenvalue weighted by Gasteiger charge is -2.32. The Labute approximate surface area is 223 Å². The van der Waals surface area contributed by atoms with Crippen LogP contribution >= 0.6 is 23.2 Å². The Kier molecular flexibility index (Phi) is 10.2. The minimum Gasteiger partial charge on any atom is -0.484 e. The van der Waals surface area contributed by atoms with Gasteiger partial charge in [-0.25, -0.2) is 0 Å². The first kappa shape index (κ1) is 27.6. The van der Waals surface area contributed by atoms with Crippen molar-refractivity contribution in [1.29, 1.82) is 0 Å². The second kappa shape index (κ2) is 13.3. The topological polar surface area (TPSA) is 58.6 Å². The molecule has 0 fully saturated rings. The van der Waals surface area contributed by atoms with E-state index in [-0.39, 0.29) is 30.9 Å². The molecule has 0 spiro atoms. The fourth-order valence-corrected chi connectivity index (χ4v) is 4.28. The molecular formula is C29H32Cl2N2O3. The maximum Gasteiger partial charge on any atom is 0.261 e. The van der Waals surface area contributed by atoms with E-state index in [2.05, 4.69) is 5.32 Å². The molecule has 0 saturated heterocycles. The van der Waals surface area contributed by atoms with Crippen molar-refractivity contribution in [2.75, 3.05) is 13.2 Å². The van der Waals surface area contributed by atoms with Gasteiger partial charge in [0.1, 0.15) is 11.8 Å². The summed E-state index contributed by atoms with van der Waals surface area (Å²) >= 11 is 12.9. The molecule has 190 valence electrons. The Hall–Kier alpha value is -3.02. The Balaban J connectivity index is 1.95. The molecule has 36 heavy (non-hydrogen) atoms. The first-order chi connectivity index (χ1) is 17.2. The van der Waals surface area contributed by atoms with Crippen molar-refractivity contribution in [3.63, 3.8) is 0 Å². The maximum atomic E-state index is 13.6. The van der Waals surface area contributed by atoms with Gasteiger partial charge in [0.25, 0.3) is 5.91 Å². The van der Waals surface area contributed by atoms with Crippen LogP contribution in [0.5, 0.6) is 5.75 Å². The third kappa shape index (κ3) is 8.00. The van der Waals surface area contributed by atoms with Crippen molar-refractivity contribution in [1.82, 2.24) is 10.2 Å². The van der Waals surface area contributed by atoms with Crippen LogP contribution in [0.15, 0.2) is 72.8 Å². The van der Waals surface area contributed by atoms with Crippen LogP contribution in [0.1, 0.15) is 30.5 Å². The average Bonchev–Trinajstić information content (AvgIpc) is 2.85. The van der Waals surface area contributed by atoms with Crippen LogP contribution in [0.2, 0.25) is 10.0 Å². The minimum absolute atomic E-state index is 0.0706. The zero-order valence-corrected chi connectivity index (χ0v) is 22.4. The molecule has 1 N–H and O–H groups in total. The van der Waals surface area contributed by atoms with Gasteiger partial charge in [0.2, 0.25) is 5.91 Å². The van der Waals surface area contributed by atoms with Gasteiger partial charge >= 0.3 is 0 Å². The number of carbonyl (C=O) groups is 2. The minimum atomic E-state index is -0.785. The molecule has 3 rings (SSSR count). The highest BCUT2D eigenvalue weighted by Crippen LogP contribution is 2.27. The number of ether oxygens (including phenoxy) is 1. The summed E-state index contributed by atoms with van der Waals surface area (Å²) in [4.78, 5) is 28.6. The van der Waals surface area contributed by atoms with Crippen LogP contribution in [0.4, 0.5) is 0 Å². The summed E-state index contributed by atoms with van der Waals surface area (Å²) in [6.07, 6.45) is 0.336. The van der Waals surface area contributed by atoms with Crippen LogP contribution in [-0.4, -0.2) is 35.9 Å². The van der Waals surface area contributed by atoms with Gasteiger partial charge < -0.3 is 15.0 Å². The predicted octanol–water partition coefficient (Wildman–Crippen LogP) is 6.09. The van der Waals surface area contributed by atoms with E-state index in [4.69, 9.17) is 27.9 Å². The van der Waals surface area contributed by atoms with Gasteiger partial charge in [-0.3, -0.25) is 9.59 Å². The van der Waals surface area contributed by atoms with Crippen LogP contribution in [-0.2, 0) is 22.6 Å². The number of carbonyl (C=O) groups excluding carboxylic acids is 2. The molecular weight excluding hydrogens is 495 g/mol. The third-order valence-corrected chi connectivity index (χ3v) is 6.41. The van der Waals surface area contributed by atoms with Crippen molar-refractivity contribution in [2.24, 2.45) is 5.92 Å². The summed E-state index contributed by atoms with van der Waals surface area (Å²) < 4.78 is 5.82. The number of amides is 2. The van der Waals surface area contributed by atoms with E-state index >= 15 is 0 Å². The third-order valence-electron chi connectivity index (χ3n) is 5.70. The smallest absolute Gasteiger partial charge is 0.261 e. The monoisotopic (exact) mass is 526 g/mol. The summed E-state index contributed by atoms with van der Waals surface area (Å²) in [6.45, 7) is 6.34. The van der Waals surface area contributed by atoms with Gasteiger partial charge in [-0.05, 0) is 48.2 Å². The molecule has 5 nitrogen and oxygen atoms in total. The van der Waals surface area contributed by atoms with Crippen molar-refractivity contribution < 1.29 is 14.3 Å². The van der Waals surface area contributed by atoms with Crippen molar-refractivity contribution in [3.05, 3.63) is 99.5 Å². The van der Waals surface area contributed by atoms with Crippen LogP contribution in [0.25, 0.3) is 0 Å². The Bertz CT molecular complexity index is 1150. The highest BCUT2D eigenvalue weighted by atomic mass is 35.5. The van der Waals surface area contributed by atoms with Gasteiger partial charge in [0.05, 0.1) is 0 Å². The molecule has 0 aliphatic carbocycles. The van der Waals surface area contributed by atoms with E-state index in [0.29, 0.717) is 34.3 Å². The van der Waals surface area contributed by atoms with E-state index in [1.54, 1.807) is 24.3 Å². The second-order valence-electron chi connectivity index (χ2n) is 9.17. The quantitative estimate of drug-likeness (QED) is 0.328. The summed E-state index contributed by atoms with van der Waals surface area (Å²) in [7, 11) is 0. The molecule has 0 heterocycles. The van der Waals surface area contributed by atoms with Crippen LogP contribution in [0, 0.1) is 12.8 Å². The highest BCUT2D eigenvalue weighted by Gasteiger charge is 2.31. The van der Waals surface area contributed by atoms with E-state index < -0.39 is 6.04 Å². The van der Waals surface area contributed by atoms with Gasteiger partial charge in [-0.2, -0.15) is 0 Å². The second-order valence-corrected chi connectivity index (χ2v) is 9.99. The van der Waals surface area contributed by atoms with Crippen LogP contribution in [0.3, 0.4) is 0 Å². The standard InChI is InChI=1S/C29H32Cl2N2O3/c1-20(2)17-32-29(35)27(16-22-10-5-4-6-11-22)33(18-24-25(30)13-8-14-26(24)31)28(34)19-36-23-12-7-9-21(3)15-23/h4-15,20,27H,16-19H2,1-3H3,(H,32,35)/t27-/m0/s1. The first-order valence-corrected chi connectivity index (χ1v) is 12.7. The molecule has 0 unspecified atom stereocenters. The number of halogens is 2. The molecule has 3 aromatic carbocycles. The Morgan fingerprint density at radius 1 is 0.944 bits per heavy atom. The number of hydrogen-bond donors (Lipinski definition) is 1. The summed E-state index contributed by atoms with van der Waals surface area (Å²) in [6, 6.07) is 21.5. The maximum absolute atomic E-state index is 13.6. The summed E-state index contributed by atoms with van der Waals surface area (Å²) in [5, 5.41) is 3.86. The number of nitrogens with zero attached hydrogens (tertiary/aromatic N) is 1. The fourth-order valence-electron chi connectivity index (χ4n) is 3.76. The predicted molar refractivity (Wildman–Crippen MR) is 145 cm³/mol. The van der Waals surface area contributed by atoms with E-state index in [9.17, 15) is 9.59 Å². The molecule has 0 radical (unpaired) electrons. The van der Waals surface area contributed by atoms with Crippen molar-refractivity contribution in [2.45, 2.75) is 39.8 Å². The van der Waals surface area contributed by atoms with E-state index in [0.717, 1.165) is 11.1 Å². The number of hydrogen-bond acceptors (Lipinski definition) is 3. The largest absolute Gasteiger partial charge is 0.484 e. The van der Waals surface area contributed by atoms with E-state index in [1.807, 2.05) is 69.3 Å². The SMILES string of the molecule is Cc1cccc(OCC(=O)N(Cc2c(Cl)cccc2Cl)[C@@H](Cc2ccccc2)C(=O)NCC(C)C)c1. The van der Waals surface area contributed by atoms with Gasteiger partial charge in [0, 0.05) is 35.1 Å². The normalized spacial score (nSPS) is 11.7. The molecule has 1 atom stereocenters. The lowest BCUT2D eigenvalue weighted by atomic mass is 10.0. The zero-order chi connectivity index (χ0) is 26.1. The van der Waals surface area contributed by atoms with E-state index in [1.165, 1.54) is 4.90 Å². The molecule has 0 aliphatic heterocycles. The molecule has 3 aromatic rings. The molecule has 7 heteroatoms. The number of benzene rings is 3. The number of nitrogens with one attached hydrogen (secondary N) is 1. The fraction of sp³-hybridized carbons (Fsp3) is 0.310. The lowest BCUT2D eigenvalue weighted by Crippen LogP contribution is -2.52. The Morgan fingerprint density at radius 2 is 1.61 bits per heavy atom. The molecule has 0 aromatic heterocycles. The summed E-state index contributed by atoms with van der Waals surface area (Å²) in [5.74, 6) is 0.272. The van der Waals surface area contributed by atoms with Gasteiger partial charge in [0.15, 0.2) is 6.61 Å². The molecule has 0 saturated carbocycles. The van der Waals surface area contributed by atoms with Gasteiger partial charge in [-0.15, -0.1) is 0 Å². The van der Waals surface area contributed by atoms with Crippen LogP contribution < -0.4 is 10.1 Å². The molecule has 2 amide bonds. The number of rotatable bonds is 11. The van der Waals surface area contributed by atoms with Crippen molar-refractivity contribution >= 4 is 35.0 Å². The first-order valence-electron chi connectivity index (χ1n) is 12.0. The van der Waals surface area contributed by atoms with Gasteiger partial charge in [-0.1, -0.05) is 85.6 Å². The molecule has 0 bridgehead atoms. The molecule has 0 aliphatic rings. The summed E-state index contributed by atoms with van der Waals surface area (Å²) in [5.41, 5.74) is 2.54. The number of aryl methyl sites for hydroxylation is 1.